The molecule has 2 heterocycles. The monoisotopic (exact) mass is 420 g/mol. The summed E-state index contributed by atoms with van der Waals surface area (Å²) in [5, 5.41) is 0.112. The zero-order valence-corrected chi connectivity index (χ0v) is 15.8. The number of carbonyl (C=O) groups excluding carboxylic acids is 1. The minimum absolute atomic E-state index is 0.0651. The molecule has 1 aliphatic rings. The standard InChI is InChI=1S/C20H16F4N4O2/c1-26-8-9-27(11-17(26)29)19-25-16-10-13(21)4-7-15(16)18(30)28(19)14-5-2-12(3-6-14)20(22,23)24/h2-7,10H,8-9,11H2,1H3. The molecule has 0 N–H and O–H groups in total. The molecular weight excluding hydrogens is 404 g/mol. The minimum Gasteiger partial charge on any atom is -0.342 e. The van der Waals surface area contributed by atoms with E-state index in [1.807, 2.05) is 0 Å². The Labute approximate surface area is 168 Å². The van der Waals surface area contributed by atoms with Gasteiger partial charge in [-0.05, 0) is 36.4 Å². The first kappa shape index (κ1) is 19.9. The molecule has 4 rings (SSSR count). The van der Waals surface area contributed by atoms with Crippen LogP contribution in [-0.4, -0.2) is 47.0 Å². The van der Waals surface area contributed by atoms with Gasteiger partial charge < -0.3 is 9.80 Å². The van der Waals surface area contributed by atoms with E-state index in [0.29, 0.717) is 13.1 Å². The molecule has 3 aromatic rings. The second-order valence-electron chi connectivity index (χ2n) is 7.00. The van der Waals surface area contributed by atoms with Crippen LogP contribution in [0.3, 0.4) is 0 Å². The van der Waals surface area contributed by atoms with Crippen molar-refractivity contribution in [1.29, 1.82) is 0 Å². The van der Waals surface area contributed by atoms with Crippen LogP contribution in [0, 0.1) is 5.82 Å². The first-order chi connectivity index (χ1) is 14.1. The SMILES string of the molecule is CN1CCN(c2nc3cc(F)ccc3c(=O)n2-c2ccc(C(F)(F)F)cc2)CC1=O. The summed E-state index contributed by atoms with van der Waals surface area (Å²) in [5.41, 5.74) is -1.16. The fraction of sp³-hybridized carbons (Fsp3) is 0.250. The fourth-order valence-corrected chi connectivity index (χ4v) is 3.32. The summed E-state index contributed by atoms with van der Waals surface area (Å²) < 4.78 is 53.6. The molecule has 10 heteroatoms. The number of hydrogen-bond donors (Lipinski definition) is 0. The van der Waals surface area contributed by atoms with Gasteiger partial charge >= 0.3 is 6.18 Å². The van der Waals surface area contributed by atoms with Crippen LogP contribution in [0.2, 0.25) is 0 Å². The lowest BCUT2D eigenvalue weighted by Crippen LogP contribution is -2.50. The van der Waals surface area contributed by atoms with Crippen molar-refractivity contribution in [2.24, 2.45) is 0 Å². The van der Waals surface area contributed by atoms with E-state index < -0.39 is 23.1 Å². The maximum Gasteiger partial charge on any atom is 0.416 e. The van der Waals surface area contributed by atoms with Crippen LogP contribution in [0.15, 0.2) is 47.3 Å². The zero-order valence-electron chi connectivity index (χ0n) is 15.8. The van der Waals surface area contributed by atoms with Crippen molar-refractivity contribution in [2.75, 3.05) is 31.6 Å². The van der Waals surface area contributed by atoms with Crippen molar-refractivity contribution in [2.45, 2.75) is 6.18 Å². The van der Waals surface area contributed by atoms with Gasteiger partial charge in [0.25, 0.3) is 5.56 Å². The Kier molecular flexibility index (Phi) is 4.71. The normalized spacial score (nSPS) is 15.2. The molecule has 1 aliphatic heterocycles. The van der Waals surface area contributed by atoms with Crippen LogP contribution < -0.4 is 10.5 Å². The van der Waals surface area contributed by atoms with Gasteiger partial charge in [0.05, 0.1) is 28.7 Å². The largest absolute Gasteiger partial charge is 0.416 e. The lowest BCUT2D eigenvalue weighted by molar-refractivity contribution is -0.137. The van der Waals surface area contributed by atoms with Crippen LogP contribution >= 0.6 is 0 Å². The molecule has 1 fully saturated rings. The molecule has 0 radical (unpaired) electrons. The molecule has 1 saturated heterocycles. The number of halogens is 4. The molecule has 6 nitrogen and oxygen atoms in total. The Hall–Kier alpha value is -3.43. The van der Waals surface area contributed by atoms with Gasteiger partial charge in [-0.3, -0.25) is 9.59 Å². The van der Waals surface area contributed by atoms with E-state index >= 15 is 0 Å². The molecule has 0 unspecified atom stereocenters. The Morgan fingerprint density at radius 1 is 1.00 bits per heavy atom. The average molecular weight is 420 g/mol. The van der Waals surface area contributed by atoms with Gasteiger partial charge in [0.2, 0.25) is 11.9 Å². The van der Waals surface area contributed by atoms with Crippen LogP contribution in [-0.2, 0) is 11.0 Å². The quantitative estimate of drug-likeness (QED) is 0.599. The molecule has 156 valence electrons. The number of hydrogen-bond acceptors (Lipinski definition) is 4. The van der Waals surface area contributed by atoms with Crippen molar-refractivity contribution in [3.63, 3.8) is 0 Å². The third-order valence-electron chi connectivity index (χ3n) is 5.01. The second-order valence-corrected chi connectivity index (χ2v) is 7.00. The van der Waals surface area contributed by atoms with E-state index in [-0.39, 0.29) is 35.0 Å². The number of piperazine rings is 1. The van der Waals surface area contributed by atoms with Crippen molar-refractivity contribution >= 4 is 22.8 Å². The predicted octanol–water partition coefficient (Wildman–Crippen LogP) is 2.82. The smallest absolute Gasteiger partial charge is 0.342 e. The van der Waals surface area contributed by atoms with Crippen molar-refractivity contribution in [1.82, 2.24) is 14.5 Å². The number of alkyl halides is 3. The highest BCUT2D eigenvalue weighted by atomic mass is 19.4. The topological polar surface area (TPSA) is 58.4 Å². The van der Waals surface area contributed by atoms with Gasteiger partial charge in [0, 0.05) is 26.2 Å². The Morgan fingerprint density at radius 3 is 2.33 bits per heavy atom. The third kappa shape index (κ3) is 3.49. The number of aromatic nitrogens is 2. The highest BCUT2D eigenvalue weighted by Gasteiger charge is 2.31. The molecule has 0 atom stereocenters. The highest BCUT2D eigenvalue weighted by Crippen LogP contribution is 2.30. The summed E-state index contributed by atoms with van der Waals surface area (Å²) in [4.78, 5) is 32.8. The van der Waals surface area contributed by atoms with Crippen LogP contribution in [0.1, 0.15) is 5.56 Å². The van der Waals surface area contributed by atoms with Crippen LogP contribution in [0.25, 0.3) is 16.6 Å². The first-order valence-corrected chi connectivity index (χ1v) is 9.04. The zero-order chi connectivity index (χ0) is 21.6. The number of rotatable bonds is 2. The third-order valence-corrected chi connectivity index (χ3v) is 5.01. The number of likely N-dealkylation sites (N-methyl/N-ethyl adjacent to an activating group) is 1. The highest BCUT2D eigenvalue weighted by molar-refractivity contribution is 5.83. The number of benzene rings is 2. The van der Waals surface area contributed by atoms with Crippen LogP contribution in [0.5, 0.6) is 0 Å². The van der Waals surface area contributed by atoms with Gasteiger partial charge in [-0.25, -0.2) is 13.9 Å². The molecular formula is C20H16F4N4O2. The van der Waals surface area contributed by atoms with E-state index in [1.165, 1.54) is 23.1 Å². The Bertz CT molecular complexity index is 1190. The lowest BCUT2D eigenvalue weighted by Gasteiger charge is -2.33. The summed E-state index contributed by atoms with van der Waals surface area (Å²) in [6.07, 6.45) is -4.52. The van der Waals surface area contributed by atoms with Gasteiger partial charge in [-0.2, -0.15) is 13.2 Å². The number of nitrogens with zero attached hydrogens (tertiary/aromatic N) is 4. The first-order valence-electron chi connectivity index (χ1n) is 9.04. The molecule has 0 spiro atoms. The van der Waals surface area contributed by atoms with Crippen LogP contribution in [0.4, 0.5) is 23.5 Å². The summed E-state index contributed by atoms with van der Waals surface area (Å²) in [6.45, 7) is 0.670. The average Bonchev–Trinajstić information content (AvgIpc) is 2.69. The number of carbonyl (C=O) groups is 1. The second kappa shape index (κ2) is 7.12. The van der Waals surface area contributed by atoms with E-state index in [4.69, 9.17) is 0 Å². The molecule has 1 amide bonds. The van der Waals surface area contributed by atoms with E-state index in [2.05, 4.69) is 4.98 Å². The Morgan fingerprint density at radius 2 is 1.70 bits per heavy atom. The molecule has 2 aromatic carbocycles. The maximum absolute atomic E-state index is 13.7. The van der Waals surface area contributed by atoms with E-state index in [1.54, 1.807) is 11.9 Å². The molecule has 30 heavy (non-hydrogen) atoms. The summed E-state index contributed by atoms with van der Waals surface area (Å²) in [7, 11) is 1.64. The van der Waals surface area contributed by atoms with Gasteiger partial charge in [0.15, 0.2) is 0 Å². The summed E-state index contributed by atoms with van der Waals surface area (Å²) in [6, 6.07) is 7.58. The van der Waals surface area contributed by atoms with Crippen molar-refractivity contribution < 1.29 is 22.4 Å². The summed E-state index contributed by atoms with van der Waals surface area (Å²) >= 11 is 0. The number of amides is 1. The molecule has 0 bridgehead atoms. The molecule has 1 aromatic heterocycles. The predicted molar refractivity (Wildman–Crippen MR) is 102 cm³/mol. The maximum atomic E-state index is 13.7. The molecule has 0 aliphatic carbocycles. The van der Waals surface area contributed by atoms with Gasteiger partial charge in [-0.15, -0.1) is 0 Å². The number of anilines is 1. The van der Waals surface area contributed by atoms with Gasteiger partial charge in [-0.1, -0.05) is 0 Å². The molecule has 0 saturated carbocycles. The van der Waals surface area contributed by atoms with Crippen molar-refractivity contribution in [3.05, 3.63) is 64.2 Å². The van der Waals surface area contributed by atoms with E-state index in [0.717, 1.165) is 28.8 Å². The van der Waals surface area contributed by atoms with Gasteiger partial charge in [0.1, 0.15) is 5.82 Å². The lowest BCUT2D eigenvalue weighted by atomic mass is 10.2. The van der Waals surface area contributed by atoms with E-state index in [9.17, 15) is 27.2 Å². The Balaban J connectivity index is 1.92. The number of fused-ring (bicyclic) bond motifs is 1. The van der Waals surface area contributed by atoms with Crippen molar-refractivity contribution in [3.8, 4) is 5.69 Å². The summed E-state index contributed by atoms with van der Waals surface area (Å²) in [5.74, 6) is -0.713. The fourth-order valence-electron chi connectivity index (χ4n) is 3.32. The minimum atomic E-state index is -4.52.